The molecule has 1 aliphatic heterocycles. The lowest BCUT2D eigenvalue weighted by Gasteiger charge is -2.28. The molecule has 0 radical (unpaired) electrons. The third-order valence-electron chi connectivity index (χ3n) is 4.16. The van der Waals surface area contributed by atoms with Gasteiger partial charge >= 0.3 is 0 Å². The first kappa shape index (κ1) is 16.2. The van der Waals surface area contributed by atoms with Gasteiger partial charge in [0, 0.05) is 30.4 Å². The molecule has 3 heterocycles. The molecule has 1 aliphatic rings. The standard InChI is InChI=1S/C18H17N5O3/c24-14-3-1-2-13(9-14)17-21-15-8-12(11-20-25)10-19-16(15)18(22-17)23-4-6-26-7-5-23/h1-3,8-11,24-25H,4-7H2/b20-11+. The van der Waals surface area contributed by atoms with Crippen LogP contribution in [-0.2, 0) is 4.74 Å². The van der Waals surface area contributed by atoms with E-state index in [4.69, 9.17) is 14.9 Å². The van der Waals surface area contributed by atoms with Gasteiger partial charge in [0.2, 0.25) is 0 Å². The summed E-state index contributed by atoms with van der Waals surface area (Å²) < 4.78 is 5.43. The van der Waals surface area contributed by atoms with Crippen LogP contribution >= 0.6 is 0 Å². The monoisotopic (exact) mass is 351 g/mol. The number of rotatable bonds is 3. The Kier molecular flexibility index (Phi) is 4.32. The molecule has 8 nitrogen and oxygen atoms in total. The number of hydrogen-bond acceptors (Lipinski definition) is 8. The van der Waals surface area contributed by atoms with Crippen molar-refractivity contribution in [3.05, 3.63) is 42.1 Å². The number of pyridine rings is 1. The van der Waals surface area contributed by atoms with Gasteiger partial charge in [-0.15, -0.1) is 0 Å². The van der Waals surface area contributed by atoms with E-state index in [1.165, 1.54) is 6.21 Å². The van der Waals surface area contributed by atoms with Gasteiger partial charge in [0.1, 0.15) is 11.3 Å². The predicted molar refractivity (Wildman–Crippen MR) is 96.8 cm³/mol. The SMILES string of the molecule is O/N=C/c1cnc2c(N3CCOCC3)nc(-c3cccc(O)c3)nc2c1. The summed E-state index contributed by atoms with van der Waals surface area (Å²) in [4.78, 5) is 15.9. The van der Waals surface area contributed by atoms with Gasteiger partial charge in [0.25, 0.3) is 0 Å². The molecule has 0 bridgehead atoms. The molecule has 1 saturated heterocycles. The lowest BCUT2D eigenvalue weighted by Crippen LogP contribution is -2.37. The number of phenolic OH excluding ortho intramolecular Hbond substituents is 1. The molecule has 2 N–H and O–H groups in total. The number of morpholine rings is 1. The highest BCUT2D eigenvalue weighted by molar-refractivity contribution is 5.91. The van der Waals surface area contributed by atoms with Crippen LogP contribution in [0.5, 0.6) is 5.75 Å². The zero-order chi connectivity index (χ0) is 17.9. The summed E-state index contributed by atoms with van der Waals surface area (Å²) >= 11 is 0. The van der Waals surface area contributed by atoms with Crippen molar-refractivity contribution in [1.82, 2.24) is 15.0 Å². The minimum absolute atomic E-state index is 0.151. The molecule has 132 valence electrons. The second-order valence-electron chi connectivity index (χ2n) is 5.90. The molecule has 0 amide bonds. The Morgan fingerprint density at radius 3 is 2.77 bits per heavy atom. The van der Waals surface area contributed by atoms with Crippen LogP contribution in [0.4, 0.5) is 5.82 Å². The van der Waals surface area contributed by atoms with Crippen molar-refractivity contribution >= 4 is 23.1 Å². The average Bonchev–Trinajstić information content (AvgIpc) is 2.68. The molecule has 2 aromatic heterocycles. The van der Waals surface area contributed by atoms with Crippen molar-refractivity contribution in [2.45, 2.75) is 0 Å². The summed E-state index contributed by atoms with van der Waals surface area (Å²) in [5, 5.41) is 21.6. The van der Waals surface area contributed by atoms with E-state index < -0.39 is 0 Å². The first-order chi connectivity index (χ1) is 12.7. The normalized spacial score (nSPS) is 15.0. The number of oxime groups is 1. The minimum Gasteiger partial charge on any atom is -0.508 e. The molecule has 0 spiro atoms. The highest BCUT2D eigenvalue weighted by Gasteiger charge is 2.19. The van der Waals surface area contributed by atoms with Gasteiger partial charge < -0.3 is 20.0 Å². The maximum Gasteiger partial charge on any atom is 0.162 e. The molecular formula is C18H17N5O3. The second-order valence-corrected chi connectivity index (χ2v) is 5.90. The Balaban J connectivity index is 1.91. The first-order valence-electron chi connectivity index (χ1n) is 8.22. The largest absolute Gasteiger partial charge is 0.508 e. The third kappa shape index (κ3) is 3.14. The van der Waals surface area contributed by atoms with Crippen LogP contribution in [0.1, 0.15) is 5.56 Å². The van der Waals surface area contributed by atoms with E-state index >= 15 is 0 Å². The highest BCUT2D eigenvalue weighted by Crippen LogP contribution is 2.28. The molecule has 26 heavy (non-hydrogen) atoms. The van der Waals surface area contributed by atoms with Crippen LogP contribution in [0.2, 0.25) is 0 Å². The Morgan fingerprint density at radius 2 is 2.00 bits per heavy atom. The summed E-state index contributed by atoms with van der Waals surface area (Å²) in [7, 11) is 0. The van der Waals surface area contributed by atoms with Crippen molar-refractivity contribution in [3.8, 4) is 17.1 Å². The fourth-order valence-corrected chi connectivity index (χ4v) is 2.93. The molecule has 3 aromatic rings. The van der Waals surface area contributed by atoms with Gasteiger partial charge in [0.05, 0.1) is 24.9 Å². The van der Waals surface area contributed by atoms with E-state index in [1.54, 1.807) is 30.5 Å². The van der Waals surface area contributed by atoms with Crippen LogP contribution in [-0.4, -0.2) is 57.8 Å². The number of ether oxygens (including phenoxy) is 1. The molecule has 1 aromatic carbocycles. The topological polar surface area (TPSA) is 104 Å². The Hall–Kier alpha value is -3.26. The number of fused-ring (bicyclic) bond motifs is 1. The van der Waals surface area contributed by atoms with Crippen LogP contribution in [0, 0.1) is 0 Å². The fourth-order valence-electron chi connectivity index (χ4n) is 2.93. The van der Waals surface area contributed by atoms with Crippen LogP contribution in [0.3, 0.4) is 0 Å². The molecule has 0 saturated carbocycles. The van der Waals surface area contributed by atoms with Crippen LogP contribution in [0.15, 0.2) is 41.7 Å². The smallest absolute Gasteiger partial charge is 0.162 e. The summed E-state index contributed by atoms with van der Waals surface area (Å²) in [6.07, 6.45) is 2.92. The first-order valence-corrected chi connectivity index (χ1v) is 8.22. The average molecular weight is 351 g/mol. The molecule has 0 unspecified atom stereocenters. The number of phenols is 1. The molecule has 1 fully saturated rings. The zero-order valence-electron chi connectivity index (χ0n) is 13.9. The van der Waals surface area contributed by atoms with E-state index in [0.29, 0.717) is 54.3 Å². The van der Waals surface area contributed by atoms with Gasteiger partial charge in [-0.3, -0.25) is 4.98 Å². The number of hydrogen-bond donors (Lipinski definition) is 2. The van der Waals surface area contributed by atoms with E-state index in [9.17, 15) is 5.11 Å². The van der Waals surface area contributed by atoms with Crippen LogP contribution in [0.25, 0.3) is 22.4 Å². The lowest BCUT2D eigenvalue weighted by molar-refractivity contribution is 0.122. The minimum atomic E-state index is 0.151. The summed E-state index contributed by atoms with van der Waals surface area (Å²) in [6, 6.07) is 8.61. The summed E-state index contributed by atoms with van der Waals surface area (Å²) in [6.45, 7) is 2.69. The van der Waals surface area contributed by atoms with Crippen molar-refractivity contribution in [3.63, 3.8) is 0 Å². The maximum atomic E-state index is 9.78. The quantitative estimate of drug-likeness (QED) is 0.423. The Labute approximate surface area is 149 Å². The molecular weight excluding hydrogens is 334 g/mol. The Bertz CT molecular complexity index is 970. The van der Waals surface area contributed by atoms with Crippen molar-refractivity contribution in [2.24, 2.45) is 5.16 Å². The third-order valence-corrected chi connectivity index (χ3v) is 4.16. The number of aromatic nitrogens is 3. The molecule has 4 rings (SSSR count). The van der Waals surface area contributed by atoms with E-state index in [2.05, 4.69) is 20.0 Å². The van der Waals surface area contributed by atoms with Gasteiger partial charge in [0.15, 0.2) is 11.6 Å². The number of anilines is 1. The highest BCUT2D eigenvalue weighted by atomic mass is 16.5. The van der Waals surface area contributed by atoms with E-state index in [1.807, 2.05) is 6.07 Å². The van der Waals surface area contributed by atoms with Crippen molar-refractivity contribution in [2.75, 3.05) is 31.2 Å². The lowest BCUT2D eigenvalue weighted by atomic mass is 10.2. The number of nitrogens with zero attached hydrogens (tertiary/aromatic N) is 5. The van der Waals surface area contributed by atoms with Gasteiger partial charge in [-0.2, -0.15) is 0 Å². The van der Waals surface area contributed by atoms with Crippen LogP contribution < -0.4 is 4.90 Å². The molecule has 0 aliphatic carbocycles. The van der Waals surface area contributed by atoms with Crippen molar-refractivity contribution < 1.29 is 15.1 Å². The van der Waals surface area contributed by atoms with Crippen molar-refractivity contribution in [1.29, 1.82) is 0 Å². The number of benzene rings is 1. The van der Waals surface area contributed by atoms with E-state index in [0.717, 1.165) is 5.82 Å². The summed E-state index contributed by atoms with van der Waals surface area (Å²) in [5.41, 5.74) is 2.65. The number of aromatic hydroxyl groups is 1. The van der Waals surface area contributed by atoms with Gasteiger partial charge in [-0.25, -0.2) is 9.97 Å². The molecule has 8 heteroatoms. The fraction of sp³-hybridized carbons (Fsp3) is 0.222. The predicted octanol–water partition coefficient (Wildman–Crippen LogP) is 2.04. The van der Waals surface area contributed by atoms with Gasteiger partial charge in [-0.1, -0.05) is 17.3 Å². The maximum absolute atomic E-state index is 9.78. The Morgan fingerprint density at radius 1 is 1.15 bits per heavy atom. The molecule has 0 atom stereocenters. The van der Waals surface area contributed by atoms with E-state index in [-0.39, 0.29) is 5.75 Å². The second kappa shape index (κ2) is 6.93. The van der Waals surface area contributed by atoms with Gasteiger partial charge in [-0.05, 0) is 18.2 Å². The zero-order valence-corrected chi connectivity index (χ0v) is 13.9. The summed E-state index contributed by atoms with van der Waals surface area (Å²) in [5.74, 6) is 1.37.